The van der Waals surface area contributed by atoms with E-state index >= 15 is 0 Å². The normalized spacial score (nSPS) is 12.5. The van der Waals surface area contributed by atoms with Crippen LogP contribution >= 0.6 is 11.6 Å². The van der Waals surface area contributed by atoms with Gasteiger partial charge in [0.2, 0.25) is 5.91 Å². The van der Waals surface area contributed by atoms with Crippen molar-refractivity contribution in [1.29, 1.82) is 0 Å². The summed E-state index contributed by atoms with van der Waals surface area (Å²) in [6.45, 7) is 6.12. The molecule has 0 aromatic heterocycles. The van der Waals surface area contributed by atoms with Gasteiger partial charge in [0.15, 0.2) is 6.61 Å². The van der Waals surface area contributed by atoms with E-state index in [2.05, 4.69) is 5.32 Å². The highest BCUT2D eigenvalue weighted by molar-refractivity contribution is 6.30. The maximum absolute atomic E-state index is 13.5. The minimum Gasteiger partial charge on any atom is -0.484 e. The zero-order valence-electron chi connectivity index (χ0n) is 20.5. The van der Waals surface area contributed by atoms with E-state index in [1.54, 1.807) is 29.2 Å². The summed E-state index contributed by atoms with van der Waals surface area (Å²) in [5.74, 6) is 0.109. The summed E-state index contributed by atoms with van der Waals surface area (Å²) >= 11 is 5.96. The summed E-state index contributed by atoms with van der Waals surface area (Å²) in [6.07, 6.45) is 1.21. The van der Waals surface area contributed by atoms with Gasteiger partial charge in [-0.05, 0) is 55.7 Å². The quantitative estimate of drug-likeness (QED) is 0.380. The summed E-state index contributed by atoms with van der Waals surface area (Å²) in [5.41, 5.74) is 3.06. The van der Waals surface area contributed by atoms with Crippen molar-refractivity contribution in [3.05, 3.63) is 101 Å². The van der Waals surface area contributed by atoms with Crippen molar-refractivity contribution in [2.24, 2.45) is 0 Å². The lowest BCUT2D eigenvalue weighted by molar-refractivity contribution is -0.143. The Kier molecular flexibility index (Phi) is 9.74. The fourth-order valence-electron chi connectivity index (χ4n) is 3.64. The average Bonchev–Trinajstić information content (AvgIpc) is 2.87. The van der Waals surface area contributed by atoms with Crippen LogP contribution in [0.25, 0.3) is 0 Å². The SMILES string of the molecule is CC[C@H](C)NC(=O)[C@@H](Cc1ccccc1)N(Cc1ccc(C)cc1)C(=O)COc1ccc(Cl)cc1. The molecular weight excluding hydrogens is 460 g/mol. The molecule has 3 aromatic carbocycles. The van der Waals surface area contributed by atoms with E-state index in [4.69, 9.17) is 16.3 Å². The summed E-state index contributed by atoms with van der Waals surface area (Å²) < 4.78 is 5.76. The molecule has 2 amide bonds. The molecule has 0 aliphatic carbocycles. The maximum atomic E-state index is 13.5. The van der Waals surface area contributed by atoms with Gasteiger partial charge in [0.25, 0.3) is 5.91 Å². The van der Waals surface area contributed by atoms with Gasteiger partial charge in [0.1, 0.15) is 11.8 Å². The molecule has 5 nitrogen and oxygen atoms in total. The molecule has 3 aromatic rings. The number of benzene rings is 3. The second-order valence-corrected chi connectivity index (χ2v) is 9.21. The lowest BCUT2D eigenvalue weighted by Crippen LogP contribution is -2.53. The van der Waals surface area contributed by atoms with Crippen molar-refractivity contribution in [2.75, 3.05) is 6.61 Å². The van der Waals surface area contributed by atoms with E-state index in [1.807, 2.05) is 75.4 Å². The average molecular weight is 493 g/mol. The molecule has 0 saturated carbocycles. The van der Waals surface area contributed by atoms with Crippen LogP contribution in [0.15, 0.2) is 78.9 Å². The fraction of sp³-hybridized carbons (Fsp3) is 0.310. The van der Waals surface area contributed by atoms with Gasteiger partial charge in [-0.25, -0.2) is 0 Å². The highest BCUT2D eigenvalue weighted by Gasteiger charge is 2.31. The number of hydrogen-bond acceptors (Lipinski definition) is 3. The van der Waals surface area contributed by atoms with E-state index < -0.39 is 6.04 Å². The number of rotatable bonds is 11. The number of halogens is 1. The molecule has 0 radical (unpaired) electrons. The van der Waals surface area contributed by atoms with Crippen LogP contribution in [0.5, 0.6) is 5.75 Å². The van der Waals surface area contributed by atoms with Crippen molar-refractivity contribution in [3.8, 4) is 5.75 Å². The Morgan fingerprint density at radius 3 is 2.23 bits per heavy atom. The molecule has 0 bridgehead atoms. The van der Waals surface area contributed by atoms with Gasteiger partial charge in [0.05, 0.1) is 0 Å². The molecule has 2 atom stereocenters. The Morgan fingerprint density at radius 1 is 0.943 bits per heavy atom. The van der Waals surface area contributed by atoms with E-state index in [0.717, 1.165) is 23.1 Å². The number of amides is 2. The third-order valence-corrected chi connectivity index (χ3v) is 6.17. The van der Waals surface area contributed by atoms with Crippen LogP contribution in [0.3, 0.4) is 0 Å². The Hall–Kier alpha value is -3.31. The largest absolute Gasteiger partial charge is 0.484 e. The molecule has 0 heterocycles. The standard InChI is InChI=1S/C29H33ClN2O3/c1-4-22(3)31-29(34)27(18-23-8-6-5-7-9-23)32(19-24-12-10-21(2)11-13-24)28(33)20-35-26-16-14-25(30)15-17-26/h5-17,22,27H,4,18-20H2,1-3H3,(H,31,34)/t22-,27+/m0/s1. The topological polar surface area (TPSA) is 58.6 Å². The fourth-order valence-corrected chi connectivity index (χ4v) is 3.77. The second-order valence-electron chi connectivity index (χ2n) is 8.77. The summed E-state index contributed by atoms with van der Waals surface area (Å²) in [7, 11) is 0. The van der Waals surface area contributed by atoms with Gasteiger partial charge in [0, 0.05) is 24.0 Å². The molecule has 3 rings (SSSR count). The van der Waals surface area contributed by atoms with E-state index in [1.165, 1.54) is 0 Å². The van der Waals surface area contributed by atoms with Crippen LogP contribution in [-0.2, 0) is 22.6 Å². The first-order valence-corrected chi connectivity index (χ1v) is 12.3. The monoisotopic (exact) mass is 492 g/mol. The first-order valence-electron chi connectivity index (χ1n) is 11.9. The van der Waals surface area contributed by atoms with Crippen molar-refractivity contribution in [3.63, 3.8) is 0 Å². The summed E-state index contributed by atoms with van der Waals surface area (Å²) in [6, 6.07) is 23.9. The van der Waals surface area contributed by atoms with Gasteiger partial charge in [-0.3, -0.25) is 9.59 Å². The first-order chi connectivity index (χ1) is 16.9. The van der Waals surface area contributed by atoms with Gasteiger partial charge >= 0.3 is 0 Å². The first kappa shape index (κ1) is 26.3. The van der Waals surface area contributed by atoms with Gasteiger partial charge in [-0.2, -0.15) is 0 Å². The smallest absolute Gasteiger partial charge is 0.261 e. The summed E-state index contributed by atoms with van der Waals surface area (Å²) in [4.78, 5) is 28.6. The maximum Gasteiger partial charge on any atom is 0.261 e. The Balaban J connectivity index is 1.89. The van der Waals surface area contributed by atoms with Crippen LogP contribution < -0.4 is 10.1 Å². The van der Waals surface area contributed by atoms with Crippen LogP contribution in [0.2, 0.25) is 5.02 Å². The predicted molar refractivity (Wildman–Crippen MR) is 141 cm³/mol. The Morgan fingerprint density at radius 2 is 1.60 bits per heavy atom. The Labute approximate surface area is 213 Å². The molecule has 1 N–H and O–H groups in total. The van der Waals surface area contributed by atoms with Crippen molar-refractivity contribution >= 4 is 23.4 Å². The lowest BCUT2D eigenvalue weighted by Gasteiger charge is -2.32. The van der Waals surface area contributed by atoms with Crippen molar-refractivity contribution in [1.82, 2.24) is 10.2 Å². The molecule has 0 aliphatic rings. The molecule has 35 heavy (non-hydrogen) atoms. The Bertz CT molecular complexity index is 1090. The van der Waals surface area contributed by atoms with Gasteiger partial charge in [-0.15, -0.1) is 0 Å². The number of ether oxygens (including phenoxy) is 1. The van der Waals surface area contributed by atoms with E-state index in [-0.39, 0.29) is 24.5 Å². The minimum absolute atomic E-state index is 0.00224. The molecule has 0 unspecified atom stereocenters. The minimum atomic E-state index is -0.686. The number of hydrogen-bond donors (Lipinski definition) is 1. The predicted octanol–water partition coefficient (Wildman–Crippen LogP) is 5.58. The number of nitrogens with zero attached hydrogens (tertiary/aromatic N) is 1. The highest BCUT2D eigenvalue weighted by Crippen LogP contribution is 2.18. The number of aryl methyl sites for hydroxylation is 1. The molecule has 0 fully saturated rings. The van der Waals surface area contributed by atoms with E-state index in [9.17, 15) is 9.59 Å². The molecule has 0 aliphatic heterocycles. The van der Waals surface area contributed by atoms with Crippen LogP contribution in [0.1, 0.15) is 37.0 Å². The lowest BCUT2D eigenvalue weighted by atomic mass is 10.0. The number of carbonyl (C=O) groups excluding carboxylic acids is 2. The van der Waals surface area contributed by atoms with Crippen molar-refractivity contribution in [2.45, 2.75) is 52.2 Å². The van der Waals surface area contributed by atoms with Crippen LogP contribution in [0.4, 0.5) is 0 Å². The van der Waals surface area contributed by atoms with Crippen LogP contribution in [0, 0.1) is 6.92 Å². The van der Waals surface area contributed by atoms with Gasteiger partial charge < -0.3 is 15.0 Å². The number of nitrogens with one attached hydrogen (secondary N) is 1. The zero-order chi connectivity index (χ0) is 25.2. The second kappa shape index (κ2) is 13.0. The third kappa shape index (κ3) is 8.15. The molecular formula is C29H33ClN2O3. The van der Waals surface area contributed by atoms with E-state index in [0.29, 0.717) is 23.7 Å². The summed E-state index contributed by atoms with van der Waals surface area (Å²) in [5, 5.41) is 3.66. The van der Waals surface area contributed by atoms with Crippen molar-refractivity contribution < 1.29 is 14.3 Å². The molecule has 184 valence electrons. The molecule has 0 spiro atoms. The highest BCUT2D eigenvalue weighted by atomic mass is 35.5. The zero-order valence-corrected chi connectivity index (χ0v) is 21.3. The van der Waals surface area contributed by atoms with Gasteiger partial charge in [-0.1, -0.05) is 78.7 Å². The molecule has 6 heteroatoms. The third-order valence-electron chi connectivity index (χ3n) is 5.92. The molecule has 0 saturated heterocycles. The number of carbonyl (C=O) groups is 2. The van der Waals surface area contributed by atoms with Crippen LogP contribution in [-0.4, -0.2) is 35.4 Å².